The molecule has 3 heterocycles. The molecule has 0 aliphatic heterocycles. The lowest BCUT2D eigenvalue weighted by atomic mass is 9.95. The number of hydrogen-bond acceptors (Lipinski definition) is 5. The number of carbonyl (C=O) groups excluding carboxylic acids is 2. The van der Waals surface area contributed by atoms with Gasteiger partial charge in [-0.05, 0) is 55.5 Å². The van der Waals surface area contributed by atoms with Gasteiger partial charge in [-0.1, -0.05) is 0 Å². The summed E-state index contributed by atoms with van der Waals surface area (Å²) in [5, 5.41) is 6.29. The van der Waals surface area contributed by atoms with Crippen molar-refractivity contribution in [1.29, 1.82) is 0 Å². The Labute approximate surface area is 154 Å². The average Bonchev–Trinajstić information content (AvgIpc) is 3.30. The van der Waals surface area contributed by atoms with Crippen LogP contribution >= 0.6 is 11.3 Å². The van der Waals surface area contributed by atoms with Gasteiger partial charge >= 0.3 is 0 Å². The maximum Gasteiger partial charge on any atom is 0.291 e. The Bertz CT molecular complexity index is 933. The molecule has 0 aromatic carbocycles. The molecule has 2 N–H and O–H groups in total. The highest BCUT2D eigenvalue weighted by Crippen LogP contribution is 2.38. The zero-order valence-corrected chi connectivity index (χ0v) is 14.8. The highest BCUT2D eigenvalue weighted by molar-refractivity contribution is 7.17. The Hall–Kier alpha value is -2.93. The summed E-state index contributed by atoms with van der Waals surface area (Å²) in [4.78, 5) is 30.5. The van der Waals surface area contributed by atoms with Crippen LogP contribution in [-0.4, -0.2) is 16.8 Å². The molecular weight excluding hydrogens is 350 g/mol. The lowest BCUT2D eigenvalue weighted by Gasteiger charge is -2.13. The van der Waals surface area contributed by atoms with Crippen LogP contribution in [0.25, 0.3) is 0 Å². The molecule has 0 bridgehead atoms. The summed E-state index contributed by atoms with van der Waals surface area (Å²) in [5.41, 5.74) is 2.21. The molecule has 3 aromatic heterocycles. The first-order valence-electron chi connectivity index (χ1n) is 8.43. The molecule has 26 heavy (non-hydrogen) atoms. The van der Waals surface area contributed by atoms with E-state index in [0.29, 0.717) is 16.3 Å². The minimum atomic E-state index is -0.357. The second kappa shape index (κ2) is 7.13. The van der Waals surface area contributed by atoms with Crippen molar-refractivity contribution in [3.05, 3.63) is 64.7 Å². The van der Waals surface area contributed by atoms with E-state index in [1.807, 2.05) is 0 Å². The molecule has 0 saturated carbocycles. The van der Waals surface area contributed by atoms with E-state index in [-0.39, 0.29) is 17.6 Å². The summed E-state index contributed by atoms with van der Waals surface area (Å²) < 4.78 is 5.15. The van der Waals surface area contributed by atoms with Crippen LogP contribution in [0, 0.1) is 0 Å². The Morgan fingerprint density at radius 3 is 2.73 bits per heavy atom. The normalized spacial score (nSPS) is 13.1. The van der Waals surface area contributed by atoms with Crippen molar-refractivity contribution in [2.45, 2.75) is 25.7 Å². The maximum atomic E-state index is 12.9. The number of hydrogen-bond donors (Lipinski definition) is 2. The van der Waals surface area contributed by atoms with Crippen molar-refractivity contribution >= 4 is 33.8 Å². The summed E-state index contributed by atoms with van der Waals surface area (Å²) in [6, 6.07) is 6.80. The van der Waals surface area contributed by atoms with E-state index in [1.165, 1.54) is 22.5 Å². The van der Waals surface area contributed by atoms with E-state index in [1.54, 1.807) is 36.7 Å². The lowest BCUT2D eigenvalue weighted by Crippen LogP contribution is -2.18. The van der Waals surface area contributed by atoms with Gasteiger partial charge in [-0.25, -0.2) is 0 Å². The minimum absolute atomic E-state index is 0.218. The monoisotopic (exact) mass is 367 g/mol. The Morgan fingerprint density at radius 1 is 1.08 bits per heavy atom. The Balaban J connectivity index is 1.66. The van der Waals surface area contributed by atoms with Gasteiger partial charge in [0.25, 0.3) is 11.8 Å². The second-order valence-corrected chi connectivity index (χ2v) is 7.15. The molecule has 7 heteroatoms. The number of nitrogens with one attached hydrogen (secondary N) is 2. The zero-order chi connectivity index (χ0) is 17.9. The minimum Gasteiger partial charge on any atom is -0.459 e. The number of carbonyl (C=O) groups is 2. The highest BCUT2D eigenvalue weighted by atomic mass is 32.1. The SMILES string of the molecule is O=C(Nc1sc2c(c1C(=O)Nc1cccnc1)CCCC2)c1ccco1. The van der Waals surface area contributed by atoms with Crippen molar-refractivity contribution in [1.82, 2.24) is 4.98 Å². The Kier molecular flexibility index (Phi) is 4.53. The summed E-state index contributed by atoms with van der Waals surface area (Å²) in [5.74, 6) is -0.369. The van der Waals surface area contributed by atoms with Gasteiger partial charge < -0.3 is 15.1 Å². The Morgan fingerprint density at radius 2 is 1.96 bits per heavy atom. The molecule has 0 atom stereocenters. The van der Waals surface area contributed by atoms with Crippen molar-refractivity contribution in [2.75, 3.05) is 10.6 Å². The molecule has 0 saturated heterocycles. The van der Waals surface area contributed by atoms with Crippen LogP contribution < -0.4 is 10.6 Å². The van der Waals surface area contributed by atoms with Crippen LogP contribution in [0.5, 0.6) is 0 Å². The number of thiophene rings is 1. The fourth-order valence-corrected chi connectivity index (χ4v) is 4.38. The van der Waals surface area contributed by atoms with E-state index in [4.69, 9.17) is 4.42 Å². The van der Waals surface area contributed by atoms with Crippen molar-refractivity contribution in [2.24, 2.45) is 0 Å². The summed E-state index contributed by atoms with van der Waals surface area (Å²) in [7, 11) is 0. The molecule has 6 nitrogen and oxygen atoms in total. The van der Waals surface area contributed by atoms with Crippen LogP contribution in [0.4, 0.5) is 10.7 Å². The van der Waals surface area contributed by atoms with Gasteiger partial charge in [0.1, 0.15) is 5.00 Å². The third-order valence-electron chi connectivity index (χ3n) is 4.29. The lowest BCUT2D eigenvalue weighted by molar-refractivity contribution is 0.0997. The number of nitrogens with zero attached hydrogens (tertiary/aromatic N) is 1. The number of pyridine rings is 1. The smallest absolute Gasteiger partial charge is 0.291 e. The van der Waals surface area contributed by atoms with Gasteiger partial charge in [0.05, 0.1) is 23.7 Å². The first-order chi connectivity index (χ1) is 12.7. The largest absolute Gasteiger partial charge is 0.459 e. The molecule has 0 radical (unpaired) electrons. The second-order valence-electron chi connectivity index (χ2n) is 6.04. The molecule has 3 aromatic rings. The molecule has 4 rings (SSSR count). The van der Waals surface area contributed by atoms with Gasteiger partial charge in [0.2, 0.25) is 0 Å². The number of anilines is 2. The van der Waals surface area contributed by atoms with Gasteiger partial charge in [-0.2, -0.15) is 0 Å². The fourth-order valence-electron chi connectivity index (χ4n) is 3.10. The van der Waals surface area contributed by atoms with Crippen LogP contribution in [0.2, 0.25) is 0 Å². The molecule has 2 amide bonds. The fraction of sp³-hybridized carbons (Fsp3) is 0.211. The van der Waals surface area contributed by atoms with Crippen LogP contribution in [0.3, 0.4) is 0 Å². The van der Waals surface area contributed by atoms with Gasteiger partial charge in [-0.3, -0.25) is 14.6 Å². The first-order valence-corrected chi connectivity index (χ1v) is 9.25. The van der Waals surface area contributed by atoms with E-state index in [2.05, 4.69) is 15.6 Å². The van der Waals surface area contributed by atoms with E-state index in [9.17, 15) is 9.59 Å². The predicted molar refractivity (Wildman–Crippen MR) is 99.8 cm³/mol. The number of amides is 2. The molecule has 1 aliphatic rings. The summed E-state index contributed by atoms with van der Waals surface area (Å²) >= 11 is 1.48. The van der Waals surface area contributed by atoms with Crippen LogP contribution in [0.15, 0.2) is 47.3 Å². The average molecular weight is 367 g/mol. The molecule has 0 unspecified atom stereocenters. The van der Waals surface area contributed by atoms with E-state index >= 15 is 0 Å². The highest BCUT2D eigenvalue weighted by Gasteiger charge is 2.27. The predicted octanol–water partition coefficient (Wildman–Crippen LogP) is 4.12. The topological polar surface area (TPSA) is 84.2 Å². The van der Waals surface area contributed by atoms with Gasteiger partial charge in [0.15, 0.2) is 5.76 Å². The van der Waals surface area contributed by atoms with E-state index < -0.39 is 0 Å². The number of aromatic nitrogens is 1. The standard InChI is InChI=1S/C19H17N3O3S/c23-17(14-7-4-10-25-14)22-19-16(13-6-1-2-8-15(13)26-19)18(24)21-12-5-3-9-20-11-12/h3-5,7,9-11H,1-2,6,8H2,(H,21,24)(H,22,23). The first kappa shape index (κ1) is 16.5. The number of rotatable bonds is 4. The molecule has 0 fully saturated rings. The van der Waals surface area contributed by atoms with Gasteiger partial charge in [0, 0.05) is 11.1 Å². The summed E-state index contributed by atoms with van der Waals surface area (Å²) in [6.45, 7) is 0. The maximum absolute atomic E-state index is 12.9. The van der Waals surface area contributed by atoms with E-state index in [0.717, 1.165) is 31.2 Å². The van der Waals surface area contributed by atoms with Crippen LogP contribution in [0.1, 0.15) is 44.2 Å². The van der Waals surface area contributed by atoms with Crippen molar-refractivity contribution in [3.8, 4) is 0 Å². The number of furan rings is 1. The number of fused-ring (bicyclic) bond motifs is 1. The summed E-state index contributed by atoms with van der Waals surface area (Å²) in [6.07, 6.45) is 8.62. The molecule has 132 valence electrons. The number of aryl methyl sites for hydroxylation is 1. The third kappa shape index (κ3) is 3.25. The zero-order valence-electron chi connectivity index (χ0n) is 14.0. The molecule has 1 aliphatic carbocycles. The third-order valence-corrected chi connectivity index (χ3v) is 5.50. The van der Waals surface area contributed by atoms with Crippen molar-refractivity contribution < 1.29 is 14.0 Å². The van der Waals surface area contributed by atoms with Crippen LogP contribution in [-0.2, 0) is 12.8 Å². The van der Waals surface area contributed by atoms with Gasteiger partial charge in [-0.15, -0.1) is 11.3 Å². The molecular formula is C19H17N3O3S. The molecule has 0 spiro atoms. The quantitative estimate of drug-likeness (QED) is 0.726. The van der Waals surface area contributed by atoms with Crippen molar-refractivity contribution in [3.63, 3.8) is 0 Å².